The Morgan fingerprint density at radius 2 is 2.36 bits per heavy atom. The highest BCUT2D eigenvalue weighted by molar-refractivity contribution is 7.14. The zero-order valence-electron chi connectivity index (χ0n) is 6.25. The van der Waals surface area contributed by atoms with Crippen molar-refractivity contribution in [2.45, 2.75) is 6.92 Å². The number of carbonyl (C=O) groups excluding carboxylic acids is 1. The van der Waals surface area contributed by atoms with Crippen LogP contribution in [0.5, 0.6) is 0 Å². The predicted molar refractivity (Wildman–Crippen MR) is 42.6 cm³/mol. The van der Waals surface area contributed by atoms with Crippen molar-refractivity contribution in [3.05, 3.63) is 9.88 Å². The quantitative estimate of drug-likeness (QED) is 0.637. The number of aryl methyl sites for hydroxylation is 1. The lowest BCUT2D eigenvalue weighted by atomic mass is 10.5. The Morgan fingerprint density at radius 3 is 2.73 bits per heavy atom. The van der Waals surface area contributed by atoms with Gasteiger partial charge in [-0.2, -0.15) is 0 Å². The maximum atomic E-state index is 10.9. The highest BCUT2D eigenvalue weighted by Gasteiger charge is 2.13. The van der Waals surface area contributed by atoms with E-state index in [-0.39, 0.29) is 5.82 Å². The Kier molecular flexibility index (Phi) is 2.09. The fourth-order valence-corrected chi connectivity index (χ4v) is 1.44. The number of nitrogens with zero attached hydrogens (tertiary/aromatic N) is 1. The summed E-state index contributed by atoms with van der Waals surface area (Å²) in [6.45, 7) is 1.79. The van der Waals surface area contributed by atoms with Crippen LogP contribution in [0.25, 0.3) is 0 Å². The van der Waals surface area contributed by atoms with Gasteiger partial charge in [-0.25, -0.2) is 9.78 Å². The van der Waals surface area contributed by atoms with Crippen LogP contribution in [0.4, 0.5) is 5.82 Å². The second kappa shape index (κ2) is 2.87. The summed E-state index contributed by atoms with van der Waals surface area (Å²) >= 11 is 1.24. The summed E-state index contributed by atoms with van der Waals surface area (Å²) in [5.74, 6) is -0.174. The highest BCUT2D eigenvalue weighted by Crippen LogP contribution is 2.20. The molecule has 0 bridgehead atoms. The Balaban J connectivity index is 3.03. The fourth-order valence-electron chi connectivity index (χ4n) is 0.682. The molecule has 0 aliphatic carbocycles. The Bertz CT molecular complexity index is 282. The molecule has 0 aliphatic heterocycles. The van der Waals surface area contributed by atoms with Crippen LogP contribution >= 0.6 is 11.3 Å². The van der Waals surface area contributed by atoms with Crippen LogP contribution in [0.15, 0.2) is 0 Å². The van der Waals surface area contributed by atoms with Crippen LogP contribution in [0.2, 0.25) is 0 Å². The molecule has 0 unspecified atom stereocenters. The first-order valence-electron chi connectivity index (χ1n) is 2.96. The lowest BCUT2D eigenvalue weighted by molar-refractivity contribution is 0.0607. The molecule has 1 aromatic heterocycles. The van der Waals surface area contributed by atoms with E-state index in [1.165, 1.54) is 18.4 Å². The number of nitrogen functional groups attached to an aromatic ring is 1. The van der Waals surface area contributed by atoms with E-state index in [0.717, 1.165) is 5.01 Å². The molecule has 4 nitrogen and oxygen atoms in total. The standard InChI is InChI=1S/C6H8N2O2S/c1-3-8-5(7)4(11-3)6(9)10-2/h7H2,1-2H3. The molecule has 1 heterocycles. The monoisotopic (exact) mass is 172 g/mol. The second-order valence-corrected chi connectivity index (χ2v) is 3.14. The number of aromatic nitrogens is 1. The molecule has 1 aromatic rings. The van der Waals surface area contributed by atoms with Crippen LogP contribution in [0, 0.1) is 6.92 Å². The van der Waals surface area contributed by atoms with Crippen molar-refractivity contribution in [2.75, 3.05) is 12.8 Å². The van der Waals surface area contributed by atoms with Crippen molar-refractivity contribution < 1.29 is 9.53 Å². The molecule has 0 aliphatic rings. The molecule has 0 saturated heterocycles. The summed E-state index contributed by atoms with van der Waals surface area (Å²) in [5.41, 5.74) is 5.42. The first-order chi connectivity index (χ1) is 5.15. The maximum Gasteiger partial charge on any atom is 0.351 e. The van der Waals surface area contributed by atoms with Crippen molar-refractivity contribution in [3.8, 4) is 0 Å². The number of thiazole rings is 1. The second-order valence-electron chi connectivity index (χ2n) is 1.94. The van der Waals surface area contributed by atoms with E-state index >= 15 is 0 Å². The van der Waals surface area contributed by atoms with Gasteiger partial charge in [0.1, 0.15) is 5.82 Å². The smallest absolute Gasteiger partial charge is 0.351 e. The summed E-state index contributed by atoms with van der Waals surface area (Å²) in [6.07, 6.45) is 0. The molecule has 1 rings (SSSR count). The molecule has 0 fully saturated rings. The molecule has 2 N–H and O–H groups in total. The number of nitrogens with two attached hydrogens (primary N) is 1. The van der Waals surface area contributed by atoms with E-state index in [0.29, 0.717) is 4.88 Å². The molecule has 0 saturated carbocycles. The number of rotatable bonds is 1. The van der Waals surface area contributed by atoms with Gasteiger partial charge < -0.3 is 10.5 Å². The minimum Gasteiger partial charge on any atom is -0.465 e. The Labute approximate surface area is 68.0 Å². The third-order valence-corrected chi connectivity index (χ3v) is 2.10. The maximum absolute atomic E-state index is 10.9. The Hall–Kier alpha value is -1.10. The van der Waals surface area contributed by atoms with E-state index in [1.807, 2.05) is 0 Å². The molecule has 60 valence electrons. The van der Waals surface area contributed by atoms with E-state index in [4.69, 9.17) is 5.73 Å². The van der Waals surface area contributed by atoms with Gasteiger partial charge in [-0.15, -0.1) is 11.3 Å². The van der Waals surface area contributed by atoms with Crippen molar-refractivity contribution in [3.63, 3.8) is 0 Å². The molecule has 0 atom stereocenters. The van der Waals surface area contributed by atoms with Crippen LogP contribution in [0.3, 0.4) is 0 Å². The topological polar surface area (TPSA) is 65.2 Å². The third-order valence-electron chi connectivity index (χ3n) is 1.13. The van der Waals surface area contributed by atoms with Crippen LogP contribution in [0.1, 0.15) is 14.7 Å². The number of anilines is 1. The highest BCUT2D eigenvalue weighted by atomic mass is 32.1. The van der Waals surface area contributed by atoms with E-state index in [1.54, 1.807) is 6.92 Å². The molecule has 0 spiro atoms. The Morgan fingerprint density at radius 1 is 1.73 bits per heavy atom. The molecule has 11 heavy (non-hydrogen) atoms. The fraction of sp³-hybridized carbons (Fsp3) is 0.333. The van der Waals surface area contributed by atoms with Gasteiger partial charge in [0.15, 0.2) is 4.88 Å². The number of hydrogen-bond donors (Lipinski definition) is 1. The summed E-state index contributed by atoms with van der Waals surface area (Å²) in [6, 6.07) is 0. The van der Waals surface area contributed by atoms with Crippen molar-refractivity contribution in [1.29, 1.82) is 0 Å². The van der Waals surface area contributed by atoms with Crippen LogP contribution in [-0.2, 0) is 4.74 Å². The van der Waals surface area contributed by atoms with E-state index in [2.05, 4.69) is 9.72 Å². The zero-order valence-corrected chi connectivity index (χ0v) is 7.07. The molecular weight excluding hydrogens is 164 g/mol. The minimum absolute atomic E-state index is 0.249. The van der Waals surface area contributed by atoms with E-state index in [9.17, 15) is 4.79 Å². The molecule has 0 aromatic carbocycles. The molecule has 5 heteroatoms. The van der Waals surface area contributed by atoms with Crippen molar-refractivity contribution in [2.24, 2.45) is 0 Å². The van der Waals surface area contributed by atoms with Crippen LogP contribution < -0.4 is 5.73 Å². The number of esters is 1. The number of ether oxygens (including phenoxy) is 1. The third kappa shape index (κ3) is 1.48. The van der Waals surface area contributed by atoms with Gasteiger partial charge in [0.2, 0.25) is 0 Å². The SMILES string of the molecule is COC(=O)c1sc(C)nc1N. The first-order valence-corrected chi connectivity index (χ1v) is 3.78. The normalized spacial score (nSPS) is 9.64. The summed E-state index contributed by atoms with van der Waals surface area (Å²) in [5, 5.41) is 0.767. The van der Waals surface area contributed by atoms with Gasteiger partial charge in [0.25, 0.3) is 0 Å². The number of carbonyl (C=O) groups is 1. The van der Waals surface area contributed by atoms with Gasteiger partial charge in [0.05, 0.1) is 12.1 Å². The minimum atomic E-state index is -0.423. The lowest BCUT2D eigenvalue weighted by Gasteiger charge is -1.92. The van der Waals surface area contributed by atoms with Gasteiger partial charge in [0, 0.05) is 0 Å². The molecule has 0 amide bonds. The van der Waals surface area contributed by atoms with Gasteiger partial charge >= 0.3 is 5.97 Å². The largest absolute Gasteiger partial charge is 0.465 e. The summed E-state index contributed by atoms with van der Waals surface area (Å²) in [4.78, 5) is 15.2. The van der Waals surface area contributed by atoms with Gasteiger partial charge in [-0.3, -0.25) is 0 Å². The number of hydrogen-bond acceptors (Lipinski definition) is 5. The predicted octanol–water partition coefficient (Wildman–Crippen LogP) is 0.820. The summed E-state index contributed by atoms with van der Waals surface area (Å²) < 4.78 is 4.48. The average molecular weight is 172 g/mol. The van der Waals surface area contributed by atoms with E-state index < -0.39 is 5.97 Å². The van der Waals surface area contributed by atoms with Crippen LogP contribution in [-0.4, -0.2) is 18.1 Å². The number of methoxy groups -OCH3 is 1. The van der Waals surface area contributed by atoms with Gasteiger partial charge in [-0.05, 0) is 6.92 Å². The average Bonchev–Trinajstić information content (AvgIpc) is 2.28. The van der Waals surface area contributed by atoms with Gasteiger partial charge in [-0.1, -0.05) is 0 Å². The summed E-state index contributed by atoms with van der Waals surface area (Å²) in [7, 11) is 1.32. The van der Waals surface area contributed by atoms with Crippen molar-refractivity contribution >= 4 is 23.1 Å². The molecule has 0 radical (unpaired) electrons. The first kappa shape index (κ1) is 8.00. The zero-order chi connectivity index (χ0) is 8.43. The molecular formula is C6H8N2O2S. The van der Waals surface area contributed by atoms with Crippen molar-refractivity contribution in [1.82, 2.24) is 4.98 Å². The lowest BCUT2D eigenvalue weighted by Crippen LogP contribution is -2.01.